The summed E-state index contributed by atoms with van der Waals surface area (Å²) in [6.07, 6.45) is -10.8. The maximum Gasteiger partial charge on any atom is 0.435 e. The molecule has 0 fully saturated rings. The van der Waals surface area contributed by atoms with Crippen LogP contribution in [-0.2, 0) is 28.7 Å². The number of amides is 1. The first-order valence-electron chi connectivity index (χ1n) is 9.26. The minimum Gasteiger partial charge on any atom is -0.448 e. The third kappa shape index (κ3) is 6.93. The van der Waals surface area contributed by atoms with Crippen LogP contribution in [-0.4, -0.2) is 57.4 Å². The molecule has 0 bridgehead atoms. The number of aromatic nitrogens is 3. The van der Waals surface area contributed by atoms with Crippen molar-refractivity contribution in [3.8, 4) is 0 Å². The zero-order valence-electron chi connectivity index (χ0n) is 17.3. The molecular formula is C18H20F6N4O3S. The molecule has 14 heteroatoms. The summed E-state index contributed by atoms with van der Waals surface area (Å²) in [5.41, 5.74) is -1.12. The lowest BCUT2D eigenvalue weighted by molar-refractivity contribution is -0.198. The van der Waals surface area contributed by atoms with E-state index in [-0.39, 0.29) is 24.5 Å². The van der Waals surface area contributed by atoms with Crippen LogP contribution in [0.4, 0.5) is 26.3 Å². The Morgan fingerprint density at radius 2 is 1.91 bits per heavy atom. The number of rotatable bonds is 8. The summed E-state index contributed by atoms with van der Waals surface area (Å²) in [5.74, 6) is -1.63. The standard InChI is InChI=1S/C18H20F6N4O3S/c1-10-7-13(18(22,23)24)26-28(10)8-15(29)27(3)6-4-5-14-25-12(9-32-14)16(30)31-11(2)17(19,20)21/h7,9,11H,4-6,8H2,1-3H3. The Balaban J connectivity index is 1.83. The van der Waals surface area contributed by atoms with Gasteiger partial charge < -0.3 is 9.64 Å². The first-order chi connectivity index (χ1) is 14.7. The Morgan fingerprint density at radius 3 is 2.47 bits per heavy atom. The van der Waals surface area contributed by atoms with Crippen molar-refractivity contribution in [1.29, 1.82) is 0 Å². The van der Waals surface area contributed by atoms with Crippen LogP contribution in [0.25, 0.3) is 0 Å². The third-order valence-electron chi connectivity index (χ3n) is 4.37. The topological polar surface area (TPSA) is 77.3 Å². The molecule has 0 saturated carbocycles. The Kier molecular flexibility index (Phi) is 7.91. The van der Waals surface area contributed by atoms with Gasteiger partial charge in [0.15, 0.2) is 17.5 Å². The number of hydrogen-bond acceptors (Lipinski definition) is 6. The SMILES string of the molecule is Cc1cc(C(F)(F)F)nn1CC(=O)N(C)CCCc1nc(C(=O)OC(C)C(F)(F)F)cs1. The Morgan fingerprint density at radius 1 is 1.25 bits per heavy atom. The van der Waals surface area contributed by atoms with Crippen LogP contribution in [0.2, 0.25) is 0 Å². The molecular weight excluding hydrogens is 466 g/mol. The number of esters is 1. The molecule has 7 nitrogen and oxygen atoms in total. The Bertz CT molecular complexity index is 953. The second kappa shape index (κ2) is 9.88. The molecule has 0 aliphatic carbocycles. The lowest BCUT2D eigenvalue weighted by Gasteiger charge is -2.17. The van der Waals surface area contributed by atoms with E-state index in [2.05, 4.69) is 14.8 Å². The predicted molar refractivity (Wildman–Crippen MR) is 101 cm³/mol. The summed E-state index contributed by atoms with van der Waals surface area (Å²) < 4.78 is 80.9. The summed E-state index contributed by atoms with van der Waals surface area (Å²) >= 11 is 1.06. The van der Waals surface area contributed by atoms with E-state index in [4.69, 9.17) is 0 Å². The molecule has 0 N–H and O–H groups in total. The smallest absolute Gasteiger partial charge is 0.435 e. The van der Waals surface area contributed by atoms with Gasteiger partial charge in [0.1, 0.15) is 6.54 Å². The van der Waals surface area contributed by atoms with Gasteiger partial charge in [-0.1, -0.05) is 0 Å². The molecule has 2 aromatic rings. The molecule has 0 aliphatic rings. The molecule has 2 heterocycles. The lowest BCUT2D eigenvalue weighted by atomic mass is 10.3. The minimum absolute atomic E-state index is 0.195. The summed E-state index contributed by atoms with van der Waals surface area (Å²) in [6, 6.07) is 0.855. The summed E-state index contributed by atoms with van der Waals surface area (Å²) in [6.45, 7) is 2.02. The summed E-state index contributed by atoms with van der Waals surface area (Å²) in [7, 11) is 1.48. The van der Waals surface area contributed by atoms with Gasteiger partial charge in [-0.15, -0.1) is 11.3 Å². The first kappa shape index (κ1) is 25.6. The molecule has 2 aromatic heterocycles. The summed E-state index contributed by atoms with van der Waals surface area (Å²) in [5, 5.41) is 5.16. The number of ether oxygens (including phenoxy) is 1. The van der Waals surface area contributed by atoms with E-state index in [9.17, 15) is 35.9 Å². The van der Waals surface area contributed by atoms with Crippen molar-refractivity contribution in [2.45, 2.75) is 51.7 Å². The molecule has 0 spiro atoms. The molecule has 178 valence electrons. The third-order valence-corrected chi connectivity index (χ3v) is 5.28. The molecule has 32 heavy (non-hydrogen) atoms. The molecule has 0 aliphatic heterocycles. The van der Waals surface area contributed by atoms with Gasteiger partial charge >= 0.3 is 18.3 Å². The van der Waals surface area contributed by atoms with E-state index in [1.54, 1.807) is 0 Å². The van der Waals surface area contributed by atoms with Crippen molar-refractivity contribution in [3.63, 3.8) is 0 Å². The molecule has 2 rings (SSSR count). The van der Waals surface area contributed by atoms with Crippen molar-refractivity contribution in [2.75, 3.05) is 13.6 Å². The maximum atomic E-state index is 12.7. The zero-order valence-corrected chi connectivity index (χ0v) is 18.1. The van der Waals surface area contributed by atoms with Gasteiger partial charge in [0.25, 0.3) is 0 Å². The lowest BCUT2D eigenvalue weighted by Crippen LogP contribution is -2.32. The number of thiazole rings is 1. The molecule has 1 atom stereocenters. The minimum atomic E-state index is -4.67. The number of hydrogen-bond donors (Lipinski definition) is 0. The second-order valence-corrected chi connectivity index (χ2v) is 7.90. The highest BCUT2D eigenvalue weighted by Gasteiger charge is 2.39. The van der Waals surface area contributed by atoms with Crippen molar-refractivity contribution in [1.82, 2.24) is 19.7 Å². The second-order valence-electron chi connectivity index (χ2n) is 6.96. The average molecular weight is 486 g/mol. The van der Waals surface area contributed by atoms with Crippen LogP contribution in [0.3, 0.4) is 0 Å². The van der Waals surface area contributed by atoms with Crippen LogP contribution in [0.1, 0.15) is 40.2 Å². The van der Waals surface area contributed by atoms with Gasteiger partial charge in [-0.25, -0.2) is 9.78 Å². The molecule has 0 radical (unpaired) electrons. The number of alkyl halides is 6. The molecule has 1 unspecified atom stereocenters. The molecule has 0 aromatic carbocycles. The van der Waals surface area contributed by atoms with E-state index < -0.39 is 36.0 Å². The van der Waals surface area contributed by atoms with E-state index in [0.717, 1.165) is 22.1 Å². The fourth-order valence-electron chi connectivity index (χ4n) is 2.46. The molecule has 0 saturated heterocycles. The highest BCUT2D eigenvalue weighted by atomic mass is 32.1. The Labute approximate surface area is 183 Å². The van der Waals surface area contributed by atoms with Crippen molar-refractivity contribution in [2.24, 2.45) is 0 Å². The van der Waals surface area contributed by atoms with Gasteiger partial charge in [-0.3, -0.25) is 9.48 Å². The van der Waals surface area contributed by atoms with E-state index in [1.165, 1.54) is 24.3 Å². The van der Waals surface area contributed by atoms with E-state index in [0.29, 0.717) is 24.8 Å². The summed E-state index contributed by atoms with van der Waals surface area (Å²) in [4.78, 5) is 29.3. The van der Waals surface area contributed by atoms with E-state index >= 15 is 0 Å². The van der Waals surface area contributed by atoms with Crippen LogP contribution >= 0.6 is 11.3 Å². The van der Waals surface area contributed by atoms with Gasteiger partial charge in [0, 0.05) is 31.1 Å². The quantitative estimate of drug-likeness (QED) is 0.418. The van der Waals surface area contributed by atoms with Crippen molar-refractivity contribution in [3.05, 3.63) is 33.5 Å². The number of carbonyl (C=O) groups is 2. The van der Waals surface area contributed by atoms with Gasteiger partial charge in [-0.05, 0) is 26.3 Å². The zero-order chi connectivity index (χ0) is 24.3. The van der Waals surface area contributed by atoms with Crippen LogP contribution in [0.5, 0.6) is 0 Å². The number of carbonyl (C=O) groups excluding carboxylic acids is 2. The maximum absolute atomic E-state index is 12.7. The fraction of sp³-hybridized carbons (Fsp3) is 0.556. The van der Waals surface area contributed by atoms with Crippen LogP contribution in [0.15, 0.2) is 11.4 Å². The Hall–Kier alpha value is -2.64. The van der Waals surface area contributed by atoms with Crippen LogP contribution < -0.4 is 0 Å². The number of aryl methyl sites for hydroxylation is 2. The van der Waals surface area contributed by atoms with Gasteiger partial charge in [0.2, 0.25) is 5.91 Å². The number of likely N-dealkylation sites (N-methyl/N-ethyl adjacent to an activating group) is 1. The molecule has 1 amide bonds. The first-order valence-corrected chi connectivity index (χ1v) is 10.1. The van der Waals surface area contributed by atoms with Crippen molar-refractivity contribution < 1.29 is 40.7 Å². The highest BCUT2D eigenvalue weighted by Crippen LogP contribution is 2.28. The van der Waals surface area contributed by atoms with E-state index in [1.807, 2.05) is 0 Å². The number of halogens is 6. The van der Waals surface area contributed by atoms with Crippen molar-refractivity contribution >= 4 is 23.2 Å². The average Bonchev–Trinajstić information content (AvgIpc) is 3.27. The fourth-order valence-corrected chi connectivity index (χ4v) is 3.27. The largest absolute Gasteiger partial charge is 0.448 e. The number of nitrogens with zero attached hydrogens (tertiary/aromatic N) is 4. The predicted octanol–water partition coefficient (Wildman–Crippen LogP) is 3.87. The monoisotopic (exact) mass is 486 g/mol. The van der Waals surface area contributed by atoms with Gasteiger partial charge in [0.05, 0.1) is 5.01 Å². The highest BCUT2D eigenvalue weighted by molar-refractivity contribution is 7.09. The van der Waals surface area contributed by atoms with Crippen LogP contribution in [0, 0.1) is 6.92 Å². The van der Waals surface area contributed by atoms with Gasteiger partial charge in [-0.2, -0.15) is 31.4 Å². The normalized spacial score (nSPS) is 13.2.